The Morgan fingerprint density at radius 1 is 1.15 bits per heavy atom. The summed E-state index contributed by atoms with van der Waals surface area (Å²) in [5.41, 5.74) is 1.37. The van der Waals surface area contributed by atoms with Crippen LogP contribution in [0.25, 0.3) is 0 Å². The first-order valence-corrected chi connectivity index (χ1v) is 7.30. The van der Waals surface area contributed by atoms with E-state index in [4.69, 9.17) is 0 Å². The predicted molar refractivity (Wildman–Crippen MR) is 75.9 cm³/mol. The molecular formula is C17H20O3. The molecule has 1 N–H and O–H groups in total. The molecule has 3 rings (SSSR count). The fourth-order valence-corrected chi connectivity index (χ4v) is 3.13. The summed E-state index contributed by atoms with van der Waals surface area (Å²) in [6, 6.07) is 5.15. The number of phenolic OH excluding ortho intramolecular Hbond substituents is 1. The van der Waals surface area contributed by atoms with Gasteiger partial charge in [0.05, 0.1) is 0 Å². The molecule has 0 aromatic heterocycles. The molecule has 0 amide bonds. The number of rotatable bonds is 2. The summed E-state index contributed by atoms with van der Waals surface area (Å²) < 4.78 is 0. The lowest BCUT2D eigenvalue weighted by molar-refractivity contribution is -0.139. The van der Waals surface area contributed by atoms with Gasteiger partial charge in [-0.15, -0.1) is 0 Å². The smallest absolute Gasteiger partial charge is 0.153 e. The Morgan fingerprint density at radius 3 is 2.50 bits per heavy atom. The van der Waals surface area contributed by atoms with Gasteiger partial charge in [0.25, 0.3) is 0 Å². The molecule has 20 heavy (non-hydrogen) atoms. The normalized spacial score (nSPS) is 25.8. The lowest BCUT2D eigenvalue weighted by Gasteiger charge is -2.33. The van der Waals surface area contributed by atoms with Gasteiger partial charge >= 0.3 is 0 Å². The third-order valence-electron chi connectivity index (χ3n) is 4.65. The molecule has 1 atom stereocenters. The molecule has 3 heteroatoms. The summed E-state index contributed by atoms with van der Waals surface area (Å²) in [6.07, 6.45) is 3.29. The molecule has 0 spiro atoms. The molecule has 2 fully saturated rings. The van der Waals surface area contributed by atoms with Crippen molar-refractivity contribution in [3.63, 3.8) is 0 Å². The molecule has 1 aromatic carbocycles. The van der Waals surface area contributed by atoms with Gasteiger partial charge in [0, 0.05) is 11.8 Å². The number of ketones is 2. The maximum atomic E-state index is 12.7. The molecule has 0 heterocycles. The van der Waals surface area contributed by atoms with Gasteiger partial charge in [0.1, 0.15) is 17.5 Å². The Balaban J connectivity index is 2.08. The van der Waals surface area contributed by atoms with Crippen molar-refractivity contribution in [2.75, 3.05) is 0 Å². The van der Waals surface area contributed by atoms with Crippen LogP contribution in [0.3, 0.4) is 0 Å². The Bertz CT molecular complexity index is 582. The molecule has 0 bridgehead atoms. The van der Waals surface area contributed by atoms with E-state index in [1.54, 1.807) is 12.1 Å². The van der Waals surface area contributed by atoms with E-state index in [2.05, 4.69) is 0 Å². The second-order valence-corrected chi connectivity index (χ2v) is 6.73. The van der Waals surface area contributed by atoms with Crippen LogP contribution in [0.1, 0.15) is 62.5 Å². The molecule has 106 valence electrons. The number of aromatic hydroxyl groups is 1. The summed E-state index contributed by atoms with van der Waals surface area (Å²) in [5.74, 6) is -0.0888. The van der Waals surface area contributed by atoms with Crippen molar-refractivity contribution in [2.45, 2.75) is 51.4 Å². The highest BCUT2D eigenvalue weighted by molar-refractivity contribution is 6.12. The fraction of sp³-hybridized carbons (Fsp3) is 0.529. The molecular weight excluding hydrogens is 252 g/mol. The molecule has 1 aromatic rings. The van der Waals surface area contributed by atoms with E-state index in [0.717, 1.165) is 24.0 Å². The van der Waals surface area contributed by atoms with Gasteiger partial charge in [-0.1, -0.05) is 19.9 Å². The highest BCUT2D eigenvalue weighted by Crippen LogP contribution is 2.47. The first kappa shape index (κ1) is 13.3. The molecule has 1 unspecified atom stereocenters. The topological polar surface area (TPSA) is 54.4 Å². The van der Waals surface area contributed by atoms with Gasteiger partial charge < -0.3 is 5.11 Å². The van der Waals surface area contributed by atoms with Gasteiger partial charge in [-0.2, -0.15) is 0 Å². The number of hydrogen-bond acceptors (Lipinski definition) is 3. The van der Waals surface area contributed by atoms with Gasteiger partial charge in [-0.3, -0.25) is 9.59 Å². The van der Waals surface area contributed by atoms with Gasteiger partial charge in [-0.25, -0.2) is 0 Å². The number of Topliss-reactive ketones (excluding diaryl/α,β-unsaturated/α-hetero) is 2. The largest absolute Gasteiger partial charge is 0.508 e. The van der Waals surface area contributed by atoms with E-state index in [9.17, 15) is 14.7 Å². The van der Waals surface area contributed by atoms with Crippen molar-refractivity contribution >= 4 is 11.6 Å². The van der Waals surface area contributed by atoms with Gasteiger partial charge in [0.2, 0.25) is 0 Å². The van der Waals surface area contributed by atoms with Crippen molar-refractivity contribution in [1.82, 2.24) is 0 Å². The lowest BCUT2D eigenvalue weighted by Crippen LogP contribution is -2.39. The summed E-state index contributed by atoms with van der Waals surface area (Å²) in [4.78, 5) is 25.0. The number of phenols is 1. The third-order valence-corrected chi connectivity index (χ3v) is 4.65. The third kappa shape index (κ3) is 2.15. The number of hydrogen-bond donors (Lipinski definition) is 1. The second kappa shape index (κ2) is 4.44. The molecule has 2 saturated carbocycles. The second-order valence-electron chi connectivity index (χ2n) is 6.73. The quantitative estimate of drug-likeness (QED) is 0.840. The highest BCUT2D eigenvalue weighted by Gasteiger charge is 2.44. The van der Waals surface area contributed by atoms with E-state index in [1.807, 2.05) is 19.9 Å². The standard InChI is InChI=1S/C17H20O3/c1-17(2)8-7-14(19)15(16(17)20)13-9-11(18)5-6-12(13)10-3-4-10/h5-6,9-10,15,18H,3-4,7-8H2,1-2H3. The monoisotopic (exact) mass is 272 g/mol. The maximum Gasteiger partial charge on any atom is 0.153 e. The summed E-state index contributed by atoms with van der Waals surface area (Å²) in [5, 5.41) is 9.75. The van der Waals surface area contributed by atoms with Crippen LogP contribution in [0.2, 0.25) is 0 Å². The Labute approximate surface area is 119 Å². The number of carbonyl (C=O) groups excluding carboxylic acids is 2. The lowest BCUT2D eigenvalue weighted by atomic mass is 9.67. The molecule has 0 radical (unpaired) electrons. The Morgan fingerprint density at radius 2 is 1.85 bits per heavy atom. The summed E-state index contributed by atoms with van der Waals surface area (Å²) in [6.45, 7) is 3.82. The van der Waals surface area contributed by atoms with E-state index in [-0.39, 0.29) is 17.3 Å². The zero-order chi connectivity index (χ0) is 14.5. The van der Waals surface area contributed by atoms with Crippen LogP contribution in [0.4, 0.5) is 0 Å². The molecule has 2 aliphatic rings. The molecule has 3 nitrogen and oxygen atoms in total. The summed E-state index contributed by atoms with van der Waals surface area (Å²) in [7, 11) is 0. The zero-order valence-corrected chi connectivity index (χ0v) is 12.0. The van der Waals surface area contributed by atoms with Crippen LogP contribution >= 0.6 is 0 Å². The van der Waals surface area contributed by atoms with Crippen molar-refractivity contribution in [3.8, 4) is 5.75 Å². The highest BCUT2D eigenvalue weighted by atomic mass is 16.3. The Hall–Kier alpha value is -1.64. The minimum absolute atomic E-state index is 0.00116. The minimum Gasteiger partial charge on any atom is -0.508 e. The SMILES string of the molecule is CC1(C)CCC(=O)C(c2cc(O)ccc2C2CC2)C1=O. The molecule has 0 aliphatic heterocycles. The van der Waals surface area contributed by atoms with Crippen LogP contribution in [0, 0.1) is 5.41 Å². The number of benzene rings is 1. The number of carbonyl (C=O) groups is 2. The van der Waals surface area contributed by atoms with Gasteiger partial charge in [-0.05, 0) is 48.4 Å². The minimum atomic E-state index is -0.679. The van der Waals surface area contributed by atoms with E-state index in [0.29, 0.717) is 18.8 Å². The van der Waals surface area contributed by atoms with Crippen LogP contribution in [0.15, 0.2) is 18.2 Å². The van der Waals surface area contributed by atoms with Crippen LogP contribution in [-0.4, -0.2) is 16.7 Å². The zero-order valence-electron chi connectivity index (χ0n) is 12.0. The predicted octanol–water partition coefficient (Wildman–Crippen LogP) is 3.31. The van der Waals surface area contributed by atoms with Crippen molar-refractivity contribution in [3.05, 3.63) is 29.3 Å². The average Bonchev–Trinajstić information content (AvgIpc) is 3.20. The maximum absolute atomic E-state index is 12.7. The van der Waals surface area contributed by atoms with Crippen LogP contribution in [-0.2, 0) is 9.59 Å². The van der Waals surface area contributed by atoms with Gasteiger partial charge in [0.15, 0.2) is 5.78 Å². The Kier molecular flexibility index (Phi) is 2.96. The van der Waals surface area contributed by atoms with E-state index in [1.165, 1.54) is 0 Å². The molecule has 2 aliphatic carbocycles. The van der Waals surface area contributed by atoms with E-state index < -0.39 is 11.3 Å². The van der Waals surface area contributed by atoms with Crippen LogP contribution < -0.4 is 0 Å². The molecule has 0 saturated heterocycles. The fourth-order valence-electron chi connectivity index (χ4n) is 3.13. The first-order valence-electron chi connectivity index (χ1n) is 7.30. The average molecular weight is 272 g/mol. The van der Waals surface area contributed by atoms with Crippen LogP contribution in [0.5, 0.6) is 5.75 Å². The summed E-state index contributed by atoms with van der Waals surface area (Å²) >= 11 is 0. The first-order chi connectivity index (χ1) is 9.40. The van der Waals surface area contributed by atoms with Crippen molar-refractivity contribution in [2.24, 2.45) is 5.41 Å². The van der Waals surface area contributed by atoms with Crippen molar-refractivity contribution < 1.29 is 14.7 Å². The van der Waals surface area contributed by atoms with Crippen molar-refractivity contribution in [1.29, 1.82) is 0 Å². The van der Waals surface area contributed by atoms with E-state index >= 15 is 0 Å².